The second kappa shape index (κ2) is 11.1. The molecule has 34 heavy (non-hydrogen) atoms. The van der Waals surface area contributed by atoms with E-state index in [1.54, 1.807) is 13.8 Å². The first kappa shape index (κ1) is 25.8. The minimum absolute atomic E-state index is 0.0609. The van der Waals surface area contributed by atoms with Gasteiger partial charge in [0.25, 0.3) is 5.91 Å². The Morgan fingerprint density at radius 1 is 0.941 bits per heavy atom. The number of rotatable bonds is 7. The number of amides is 2. The van der Waals surface area contributed by atoms with E-state index in [0.29, 0.717) is 13.1 Å². The predicted molar refractivity (Wildman–Crippen MR) is 125 cm³/mol. The molecule has 0 radical (unpaired) electrons. The molecule has 1 fully saturated rings. The van der Waals surface area contributed by atoms with Crippen molar-refractivity contribution in [1.29, 1.82) is 0 Å². The van der Waals surface area contributed by atoms with Gasteiger partial charge in [0.15, 0.2) is 0 Å². The lowest BCUT2D eigenvalue weighted by Gasteiger charge is -2.23. The third-order valence-electron chi connectivity index (χ3n) is 5.73. The molecule has 3 rings (SSSR count). The second-order valence-electron chi connectivity index (χ2n) is 8.63. The van der Waals surface area contributed by atoms with Crippen LogP contribution < -0.4 is 10.6 Å². The number of nitrogens with one attached hydrogen (secondary N) is 2. The zero-order valence-corrected chi connectivity index (χ0v) is 20.0. The quantitative estimate of drug-likeness (QED) is 0.611. The van der Waals surface area contributed by atoms with Crippen LogP contribution in [0.5, 0.6) is 0 Å². The second-order valence-corrected chi connectivity index (χ2v) is 10.6. The molecule has 0 saturated carbocycles. The molecule has 1 aliphatic heterocycles. The van der Waals surface area contributed by atoms with Gasteiger partial charge in [-0.2, -0.15) is 4.31 Å². The lowest BCUT2D eigenvalue weighted by molar-refractivity contribution is -0.118. The van der Waals surface area contributed by atoms with Crippen LogP contribution in [0.25, 0.3) is 0 Å². The number of nitrogens with zero attached hydrogens (tertiary/aromatic N) is 1. The summed E-state index contributed by atoms with van der Waals surface area (Å²) in [6.45, 7) is 4.24. The highest BCUT2D eigenvalue weighted by atomic mass is 32.2. The monoisotopic (exact) mass is 493 g/mol. The molecule has 2 amide bonds. The first-order valence-electron chi connectivity index (χ1n) is 11.3. The molecule has 1 aliphatic rings. The lowest BCUT2D eigenvalue weighted by Crippen LogP contribution is -2.47. The Bertz CT molecular complexity index is 1130. The summed E-state index contributed by atoms with van der Waals surface area (Å²) in [7, 11) is -3.72. The Kier molecular flexibility index (Phi) is 8.37. The fraction of sp³-hybridized carbons (Fsp3) is 0.417. The Labute approximate surface area is 198 Å². The van der Waals surface area contributed by atoms with Gasteiger partial charge in [-0.3, -0.25) is 9.59 Å². The van der Waals surface area contributed by atoms with Crippen LogP contribution in [-0.2, 0) is 14.8 Å². The highest BCUT2D eigenvalue weighted by Gasteiger charge is 2.29. The van der Waals surface area contributed by atoms with Gasteiger partial charge in [0, 0.05) is 18.8 Å². The van der Waals surface area contributed by atoms with Crippen molar-refractivity contribution in [2.75, 3.05) is 18.4 Å². The molecule has 0 aliphatic carbocycles. The molecule has 0 unspecified atom stereocenters. The Balaban J connectivity index is 1.77. The number of carbonyl (C=O) groups is 2. The molecule has 7 nitrogen and oxygen atoms in total. The molecule has 2 aromatic rings. The summed E-state index contributed by atoms with van der Waals surface area (Å²) in [4.78, 5) is 25.5. The summed E-state index contributed by atoms with van der Waals surface area (Å²) in [5, 5.41) is 4.99. The van der Waals surface area contributed by atoms with Gasteiger partial charge in [0.1, 0.15) is 23.2 Å². The zero-order chi connectivity index (χ0) is 24.9. The average molecular weight is 494 g/mol. The van der Waals surface area contributed by atoms with Crippen LogP contribution in [-0.4, -0.2) is 43.7 Å². The van der Waals surface area contributed by atoms with Crippen molar-refractivity contribution in [3.05, 3.63) is 59.7 Å². The van der Waals surface area contributed by atoms with E-state index < -0.39 is 51.0 Å². The third kappa shape index (κ3) is 5.98. The van der Waals surface area contributed by atoms with Crippen LogP contribution in [0.2, 0.25) is 0 Å². The lowest BCUT2D eigenvalue weighted by atomic mass is 10.0. The number of hydrogen-bond acceptors (Lipinski definition) is 4. The topological polar surface area (TPSA) is 95.6 Å². The average Bonchev–Trinajstić information content (AvgIpc) is 3.07. The fourth-order valence-corrected chi connectivity index (χ4v) is 5.41. The smallest absolute Gasteiger partial charge is 0.257 e. The molecule has 2 N–H and O–H groups in total. The van der Waals surface area contributed by atoms with E-state index >= 15 is 0 Å². The summed E-state index contributed by atoms with van der Waals surface area (Å²) >= 11 is 0. The van der Waals surface area contributed by atoms with Crippen molar-refractivity contribution in [3.63, 3.8) is 0 Å². The fourth-order valence-electron chi connectivity index (χ4n) is 3.85. The number of halogens is 2. The predicted octanol–water partition coefficient (Wildman–Crippen LogP) is 3.92. The van der Waals surface area contributed by atoms with Crippen LogP contribution >= 0.6 is 0 Å². The summed E-state index contributed by atoms with van der Waals surface area (Å²) in [5.74, 6) is -4.17. The Morgan fingerprint density at radius 2 is 1.53 bits per heavy atom. The van der Waals surface area contributed by atoms with Gasteiger partial charge in [0.05, 0.1) is 4.90 Å². The maximum Gasteiger partial charge on any atom is 0.257 e. The summed E-state index contributed by atoms with van der Waals surface area (Å²) < 4.78 is 55.5. The van der Waals surface area contributed by atoms with Gasteiger partial charge < -0.3 is 10.6 Å². The SMILES string of the molecule is CC(C)[C@H](NC(=O)c1c(F)cccc1F)C(=O)Nc1cccc(S(=O)(=O)N2CCCCCC2)c1. The molecule has 0 bridgehead atoms. The molecular formula is C24H29F2N3O4S. The van der Waals surface area contributed by atoms with Crippen LogP contribution in [0.3, 0.4) is 0 Å². The van der Waals surface area contributed by atoms with Gasteiger partial charge >= 0.3 is 0 Å². The zero-order valence-electron chi connectivity index (χ0n) is 19.2. The van der Waals surface area contributed by atoms with E-state index in [9.17, 15) is 26.8 Å². The first-order valence-corrected chi connectivity index (χ1v) is 12.7. The van der Waals surface area contributed by atoms with E-state index in [-0.39, 0.29) is 10.6 Å². The van der Waals surface area contributed by atoms with Crippen LogP contribution in [0, 0.1) is 17.6 Å². The van der Waals surface area contributed by atoms with Crippen molar-refractivity contribution in [2.45, 2.75) is 50.5 Å². The van der Waals surface area contributed by atoms with Crippen LogP contribution in [0.15, 0.2) is 47.4 Å². The number of anilines is 1. The van der Waals surface area contributed by atoms with Gasteiger partial charge in [-0.05, 0) is 49.1 Å². The maximum atomic E-state index is 14.0. The molecule has 0 spiro atoms. The van der Waals surface area contributed by atoms with Crippen molar-refractivity contribution < 1.29 is 26.8 Å². The number of hydrogen-bond donors (Lipinski definition) is 2. The number of benzene rings is 2. The van der Waals surface area contributed by atoms with Gasteiger partial charge in [-0.25, -0.2) is 17.2 Å². The summed E-state index contributed by atoms with van der Waals surface area (Å²) in [6.07, 6.45) is 3.57. The summed E-state index contributed by atoms with van der Waals surface area (Å²) in [6, 6.07) is 7.84. The van der Waals surface area contributed by atoms with E-state index in [2.05, 4.69) is 10.6 Å². The Morgan fingerprint density at radius 3 is 2.12 bits per heavy atom. The molecule has 10 heteroatoms. The van der Waals surface area contributed by atoms with Gasteiger partial charge in [-0.15, -0.1) is 0 Å². The maximum absolute atomic E-state index is 14.0. The van der Waals surface area contributed by atoms with Gasteiger partial charge in [0.2, 0.25) is 15.9 Å². The minimum atomic E-state index is -3.72. The highest BCUT2D eigenvalue weighted by Crippen LogP contribution is 2.23. The van der Waals surface area contributed by atoms with Crippen LogP contribution in [0.1, 0.15) is 49.9 Å². The molecule has 1 heterocycles. The van der Waals surface area contributed by atoms with E-state index in [4.69, 9.17) is 0 Å². The highest BCUT2D eigenvalue weighted by molar-refractivity contribution is 7.89. The summed E-state index contributed by atoms with van der Waals surface area (Å²) in [5.41, 5.74) is -0.538. The standard InChI is InChI=1S/C24H29F2N3O4S/c1-16(2)22(28-23(30)21-19(25)11-8-12-20(21)26)24(31)27-17-9-7-10-18(15-17)34(32,33)29-13-5-3-4-6-14-29/h7-12,15-16,22H,3-6,13-14H2,1-2H3,(H,27,31)(H,28,30)/t22-/m0/s1. The third-order valence-corrected chi connectivity index (χ3v) is 7.62. The minimum Gasteiger partial charge on any atom is -0.340 e. The largest absolute Gasteiger partial charge is 0.340 e. The van der Waals surface area contributed by atoms with Crippen molar-refractivity contribution in [3.8, 4) is 0 Å². The number of carbonyl (C=O) groups excluding carboxylic acids is 2. The van der Waals surface area contributed by atoms with Crippen LogP contribution in [0.4, 0.5) is 14.5 Å². The normalized spacial score (nSPS) is 16.0. The molecule has 184 valence electrons. The molecule has 0 aromatic heterocycles. The van der Waals surface area contributed by atoms with Crippen molar-refractivity contribution in [2.24, 2.45) is 5.92 Å². The van der Waals surface area contributed by atoms with E-state index in [0.717, 1.165) is 43.9 Å². The van der Waals surface area contributed by atoms with E-state index in [1.165, 1.54) is 28.6 Å². The van der Waals surface area contributed by atoms with E-state index in [1.807, 2.05) is 0 Å². The Hall–Kier alpha value is -2.85. The molecule has 1 saturated heterocycles. The van der Waals surface area contributed by atoms with Crippen molar-refractivity contribution >= 4 is 27.5 Å². The van der Waals surface area contributed by atoms with Gasteiger partial charge in [-0.1, -0.05) is 38.8 Å². The molecule has 2 aromatic carbocycles. The number of sulfonamides is 1. The molecule has 1 atom stereocenters. The molecular weight excluding hydrogens is 464 g/mol. The van der Waals surface area contributed by atoms with Crippen molar-refractivity contribution in [1.82, 2.24) is 9.62 Å². The first-order chi connectivity index (χ1) is 16.1.